The van der Waals surface area contributed by atoms with Crippen molar-refractivity contribution in [3.05, 3.63) is 29.8 Å². The minimum atomic E-state index is -1.19. The Labute approximate surface area is 112 Å². The van der Waals surface area contributed by atoms with Gasteiger partial charge in [-0.2, -0.15) is 0 Å². The van der Waals surface area contributed by atoms with Crippen molar-refractivity contribution in [3.8, 4) is 5.75 Å². The molecule has 0 saturated carbocycles. The number of rotatable bonds is 8. The molecule has 0 radical (unpaired) electrons. The van der Waals surface area contributed by atoms with Gasteiger partial charge in [-0.15, -0.1) is 0 Å². The zero-order valence-corrected chi connectivity index (χ0v) is 11.0. The highest BCUT2D eigenvalue weighted by atomic mass is 16.5. The van der Waals surface area contributed by atoms with Gasteiger partial charge in [0.25, 0.3) is 5.91 Å². The van der Waals surface area contributed by atoms with E-state index in [0.717, 1.165) is 12.8 Å². The first-order valence-corrected chi connectivity index (χ1v) is 6.30. The third-order valence-electron chi connectivity index (χ3n) is 2.48. The first kappa shape index (κ1) is 15.0. The maximum absolute atomic E-state index is 11.3. The summed E-state index contributed by atoms with van der Waals surface area (Å²) in [5.41, 5.74) is 1.23. The average molecular weight is 264 g/mol. The summed E-state index contributed by atoms with van der Waals surface area (Å²) >= 11 is 0. The van der Waals surface area contributed by atoms with Crippen LogP contribution in [0.4, 0.5) is 0 Å². The predicted octanol–water partition coefficient (Wildman–Crippen LogP) is 0.274. The minimum Gasteiger partial charge on any atom is -0.550 e. The number of hydrogen-bond acceptors (Lipinski definition) is 4. The Morgan fingerprint density at radius 1 is 1.26 bits per heavy atom. The molecule has 104 valence electrons. The van der Waals surface area contributed by atoms with Crippen LogP contribution in [-0.4, -0.2) is 25.0 Å². The molecule has 1 N–H and O–H groups in total. The van der Waals surface area contributed by atoms with Crippen LogP contribution in [-0.2, 0) is 16.0 Å². The monoisotopic (exact) mass is 264 g/mol. The van der Waals surface area contributed by atoms with E-state index >= 15 is 0 Å². The summed E-state index contributed by atoms with van der Waals surface area (Å²) in [5.74, 6) is -0.915. The molecule has 0 heterocycles. The van der Waals surface area contributed by atoms with Crippen LogP contribution in [0.3, 0.4) is 0 Å². The summed E-state index contributed by atoms with van der Waals surface area (Å²) in [7, 11) is 0. The zero-order valence-electron chi connectivity index (χ0n) is 11.0. The number of carboxylic acids is 1. The third-order valence-corrected chi connectivity index (χ3v) is 2.48. The van der Waals surface area contributed by atoms with Crippen LogP contribution in [0.2, 0.25) is 0 Å². The van der Waals surface area contributed by atoms with Gasteiger partial charge in [0.15, 0.2) is 6.61 Å². The van der Waals surface area contributed by atoms with E-state index < -0.39 is 5.97 Å². The van der Waals surface area contributed by atoms with E-state index in [0.29, 0.717) is 5.75 Å². The van der Waals surface area contributed by atoms with Crippen LogP contribution in [0.1, 0.15) is 25.3 Å². The minimum absolute atomic E-state index is 0.0555. The number of ether oxygens (including phenoxy) is 1. The topological polar surface area (TPSA) is 78.5 Å². The Bertz CT molecular complexity index is 414. The van der Waals surface area contributed by atoms with Crippen LogP contribution < -0.4 is 15.2 Å². The van der Waals surface area contributed by atoms with Crippen LogP contribution in [0.15, 0.2) is 24.3 Å². The lowest BCUT2D eigenvalue weighted by molar-refractivity contribution is -0.305. The van der Waals surface area contributed by atoms with Gasteiger partial charge < -0.3 is 20.0 Å². The quantitative estimate of drug-likeness (QED) is 0.731. The molecule has 0 spiro atoms. The second kappa shape index (κ2) is 8.13. The van der Waals surface area contributed by atoms with E-state index in [1.165, 1.54) is 5.56 Å². The molecule has 1 rings (SSSR count). The number of carbonyl (C=O) groups excluding carboxylic acids is 2. The van der Waals surface area contributed by atoms with E-state index in [1.54, 1.807) is 0 Å². The normalized spacial score (nSPS) is 9.95. The number of amides is 1. The highest BCUT2D eigenvalue weighted by Gasteiger charge is 2.02. The molecule has 0 saturated heterocycles. The van der Waals surface area contributed by atoms with Crippen LogP contribution in [0.5, 0.6) is 5.75 Å². The molecule has 0 unspecified atom stereocenters. The number of hydrogen-bond donors (Lipinski definition) is 1. The van der Waals surface area contributed by atoms with Crippen molar-refractivity contribution in [2.75, 3.05) is 13.2 Å². The van der Waals surface area contributed by atoms with Gasteiger partial charge in [-0.05, 0) is 24.1 Å². The van der Waals surface area contributed by atoms with Crippen LogP contribution in [0.25, 0.3) is 0 Å². The van der Waals surface area contributed by atoms with E-state index in [9.17, 15) is 14.7 Å². The molecule has 1 aromatic rings. The molecule has 1 amide bonds. The summed E-state index contributed by atoms with van der Waals surface area (Å²) in [6, 6.07) is 7.57. The second-order valence-electron chi connectivity index (χ2n) is 4.15. The molecule has 5 nitrogen and oxygen atoms in total. The summed E-state index contributed by atoms with van der Waals surface area (Å²) < 4.78 is 5.28. The van der Waals surface area contributed by atoms with Crippen molar-refractivity contribution in [3.63, 3.8) is 0 Å². The van der Waals surface area contributed by atoms with E-state index in [2.05, 4.69) is 12.2 Å². The van der Waals surface area contributed by atoms with Crippen molar-refractivity contribution in [1.82, 2.24) is 5.32 Å². The van der Waals surface area contributed by atoms with Gasteiger partial charge in [-0.25, -0.2) is 0 Å². The number of benzene rings is 1. The molecule has 0 aromatic heterocycles. The third kappa shape index (κ3) is 6.45. The maximum atomic E-state index is 11.3. The first-order chi connectivity index (χ1) is 9.11. The van der Waals surface area contributed by atoms with E-state index in [1.807, 2.05) is 24.3 Å². The summed E-state index contributed by atoms with van der Waals surface area (Å²) in [6.07, 6.45) is 1.91. The number of carbonyl (C=O) groups is 2. The first-order valence-electron chi connectivity index (χ1n) is 6.30. The van der Waals surface area contributed by atoms with Crippen LogP contribution in [0, 0.1) is 0 Å². The van der Waals surface area contributed by atoms with Crippen LogP contribution >= 0.6 is 0 Å². The van der Waals surface area contributed by atoms with Gasteiger partial charge in [0.05, 0.1) is 0 Å². The van der Waals surface area contributed by atoms with Gasteiger partial charge in [-0.1, -0.05) is 25.5 Å². The molecule has 5 heteroatoms. The molecule has 0 atom stereocenters. The van der Waals surface area contributed by atoms with Crippen molar-refractivity contribution in [2.24, 2.45) is 0 Å². The molecule has 0 aliphatic carbocycles. The SMILES string of the molecule is CCCc1ccc(OCC(=O)NCCC(=O)[O-])cc1. The standard InChI is InChI=1S/C14H19NO4/c1-2-3-11-4-6-12(7-5-11)19-10-13(16)15-9-8-14(17)18/h4-7H,2-3,8-10H2,1H3,(H,15,16)(H,17,18)/p-1. The molecule has 0 fully saturated rings. The molecular weight excluding hydrogens is 246 g/mol. The summed E-state index contributed by atoms with van der Waals surface area (Å²) in [5, 5.41) is 12.6. The predicted molar refractivity (Wildman–Crippen MR) is 68.6 cm³/mol. The molecule has 1 aromatic carbocycles. The highest BCUT2D eigenvalue weighted by Crippen LogP contribution is 2.13. The fourth-order valence-electron chi connectivity index (χ4n) is 1.54. The van der Waals surface area contributed by atoms with Crippen molar-refractivity contribution >= 4 is 11.9 Å². The Morgan fingerprint density at radius 2 is 1.95 bits per heavy atom. The Hall–Kier alpha value is -2.04. The number of aliphatic carboxylic acids is 1. The molecule has 0 bridgehead atoms. The van der Waals surface area contributed by atoms with Crippen molar-refractivity contribution < 1.29 is 19.4 Å². The van der Waals surface area contributed by atoms with E-state index in [-0.39, 0.29) is 25.5 Å². The highest BCUT2D eigenvalue weighted by molar-refractivity contribution is 5.78. The number of carboxylic acid groups (broad SMARTS) is 1. The lowest BCUT2D eigenvalue weighted by Gasteiger charge is -2.08. The molecule has 0 aliphatic rings. The fraction of sp³-hybridized carbons (Fsp3) is 0.429. The number of nitrogens with one attached hydrogen (secondary N) is 1. The van der Waals surface area contributed by atoms with E-state index in [4.69, 9.17) is 4.74 Å². The maximum Gasteiger partial charge on any atom is 0.257 e. The van der Waals surface area contributed by atoms with Gasteiger partial charge in [0.2, 0.25) is 0 Å². The van der Waals surface area contributed by atoms with Gasteiger partial charge in [0, 0.05) is 18.9 Å². The molecule has 0 aliphatic heterocycles. The number of aryl methyl sites for hydroxylation is 1. The van der Waals surface area contributed by atoms with Gasteiger partial charge in [0.1, 0.15) is 5.75 Å². The van der Waals surface area contributed by atoms with Crippen molar-refractivity contribution in [2.45, 2.75) is 26.2 Å². The second-order valence-corrected chi connectivity index (χ2v) is 4.15. The Kier molecular flexibility index (Phi) is 6.43. The van der Waals surface area contributed by atoms with Gasteiger partial charge >= 0.3 is 0 Å². The average Bonchev–Trinajstić information content (AvgIpc) is 2.38. The fourth-order valence-corrected chi connectivity index (χ4v) is 1.54. The summed E-state index contributed by atoms with van der Waals surface area (Å²) in [6.45, 7) is 2.04. The zero-order chi connectivity index (χ0) is 14.1. The lowest BCUT2D eigenvalue weighted by atomic mass is 10.1. The smallest absolute Gasteiger partial charge is 0.257 e. The van der Waals surface area contributed by atoms with Crippen molar-refractivity contribution in [1.29, 1.82) is 0 Å². The Morgan fingerprint density at radius 3 is 2.53 bits per heavy atom. The Balaban J connectivity index is 2.27. The van der Waals surface area contributed by atoms with Gasteiger partial charge in [-0.3, -0.25) is 4.79 Å². The molecule has 19 heavy (non-hydrogen) atoms. The lowest BCUT2D eigenvalue weighted by Crippen LogP contribution is -2.33. The molecular formula is C14H18NO4-. The summed E-state index contributed by atoms with van der Waals surface area (Å²) in [4.78, 5) is 21.5. The largest absolute Gasteiger partial charge is 0.550 e.